The molecular weight excluding hydrogens is 259 g/mol. The third-order valence-electron chi connectivity index (χ3n) is 5.21. The number of fused-ring (bicyclic) bond motifs is 2. The van der Waals surface area contributed by atoms with Gasteiger partial charge in [-0.15, -0.1) is 11.6 Å². The Morgan fingerprint density at radius 3 is 2.42 bits per heavy atom. The van der Waals surface area contributed by atoms with E-state index in [1.807, 2.05) is 26.0 Å². The van der Waals surface area contributed by atoms with Crippen molar-refractivity contribution in [2.75, 3.05) is 0 Å². The lowest BCUT2D eigenvalue weighted by molar-refractivity contribution is 0.312. The first-order valence-corrected chi connectivity index (χ1v) is 7.89. The SMILES string of the molecule is Cc1cc(C(Cl)CC2CC3CCC2C3)cc(C)c1F. The summed E-state index contributed by atoms with van der Waals surface area (Å²) in [5.74, 6) is 2.59. The maximum absolute atomic E-state index is 13.7. The van der Waals surface area contributed by atoms with E-state index < -0.39 is 0 Å². The number of rotatable bonds is 3. The van der Waals surface area contributed by atoms with E-state index in [2.05, 4.69) is 0 Å². The molecule has 0 radical (unpaired) electrons. The van der Waals surface area contributed by atoms with Gasteiger partial charge in [0.15, 0.2) is 0 Å². The van der Waals surface area contributed by atoms with E-state index in [0.717, 1.165) is 29.7 Å². The molecule has 2 heteroatoms. The summed E-state index contributed by atoms with van der Waals surface area (Å²) in [6.07, 6.45) is 6.69. The topological polar surface area (TPSA) is 0 Å². The first-order valence-electron chi connectivity index (χ1n) is 7.45. The number of benzene rings is 1. The van der Waals surface area contributed by atoms with Gasteiger partial charge in [-0.3, -0.25) is 0 Å². The Labute approximate surface area is 120 Å². The molecule has 0 saturated heterocycles. The third-order valence-corrected chi connectivity index (χ3v) is 5.64. The Morgan fingerprint density at radius 2 is 1.89 bits per heavy atom. The van der Waals surface area contributed by atoms with Gasteiger partial charge in [-0.1, -0.05) is 18.6 Å². The Morgan fingerprint density at radius 1 is 1.21 bits per heavy atom. The Balaban J connectivity index is 1.72. The van der Waals surface area contributed by atoms with Gasteiger partial charge in [0.1, 0.15) is 5.82 Å². The second-order valence-corrected chi connectivity index (χ2v) is 7.13. The normalized spacial score (nSPS) is 30.8. The second-order valence-electron chi connectivity index (χ2n) is 6.61. The molecule has 0 nitrogen and oxygen atoms in total. The van der Waals surface area contributed by atoms with E-state index in [1.54, 1.807) is 0 Å². The summed E-state index contributed by atoms with van der Waals surface area (Å²) in [6.45, 7) is 3.65. The lowest BCUT2D eigenvalue weighted by Gasteiger charge is -2.24. The van der Waals surface area contributed by atoms with Crippen LogP contribution in [0.4, 0.5) is 4.39 Å². The first-order chi connectivity index (χ1) is 9.04. The van der Waals surface area contributed by atoms with Crippen LogP contribution in [0.2, 0.25) is 0 Å². The van der Waals surface area contributed by atoms with Crippen LogP contribution in [0.5, 0.6) is 0 Å². The molecule has 19 heavy (non-hydrogen) atoms. The summed E-state index contributed by atoms with van der Waals surface area (Å²) in [5.41, 5.74) is 2.53. The van der Waals surface area contributed by atoms with Gasteiger partial charge in [0.2, 0.25) is 0 Å². The van der Waals surface area contributed by atoms with Crippen LogP contribution in [-0.2, 0) is 0 Å². The Kier molecular flexibility index (Phi) is 3.59. The highest BCUT2D eigenvalue weighted by molar-refractivity contribution is 6.20. The predicted octanol–water partition coefficient (Wildman–Crippen LogP) is 5.55. The van der Waals surface area contributed by atoms with Crippen LogP contribution in [0.15, 0.2) is 12.1 Å². The van der Waals surface area contributed by atoms with E-state index in [0.29, 0.717) is 11.1 Å². The zero-order chi connectivity index (χ0) is 13.6. The lowest BCUT2D eigenvalue weighted by Crippen LogP contribution is -2.12. The molecule has 2 fully saturated rings. The van der Waals surface area contributed by atoms with Crippen LogP contribution in [-0.4, -0.2) is 0 Å². The van der Waals surface area contributed by atoms with Crippen molar-refractivity contribution in [3.63, 3.8) is 0 Å². The Hall–Kier alpha value is -0.560. The lowest BCUT2D eigenvalue weighted by atomic mass is 9.84. The average molecular weight is 281 g/mol. The summed E-state index contributed by atoms with van der Waals surface area (Å²) < 4.78 is 13.7. The predicted molar refractivity (Wildman–Crippen MR) is 78.0 cm³/mol. The van der Waals surface area contributed by atoms with Gasteiger partial charge in [0, 0.05) is 0 Å². The molecule has 0 amide bonds. The van der Waals surface area contributed by atoms with E-state index in [4.69, 9.17) is 11.6 Å². The standard InChI is InChI=1S/C17H22ClF/c1-10-5-15(6-11(2)17(10)19)16(18)9-14-8-12-3-4-13(14)7-12/h5-6,12-14,16H,3-4,7-9H2,1-2H3. The van der Waals surface area contributed by atoms with Gasteiger partial charge in [0.05, 0.1) is 5.38 Å². The second kappa shape index (κ2) is 5.09. The van der Waals surface area contributed by atoms with Crippen molar-refractivity contribution in [1.29, 1.82) is 0 Å². The van der Waals surface area contributed by atoms with E-state index >= 15 is 0 Å². The van der Waals surface area contributed by atoms with Gasteiger partial charge in [-0.2, -0.15) is 0 Å². The zero-order valence-electron chi connectivity index (χ0n) is 11.8. The van der Waals surface area contributed by atoms with Gasteiger partial charge < -0.3 is 0 Å². The van der Waals surface area contributed by atoms with Crippen molar-refractivity contribution in [1.82, 2.24) is 0 Å². The molecule has 4 atom stereocenters. The number of aryl methyl sites for hydroxylation is 2. The minimum Gasteiger partial charge on any atom is -0.206 e. The molecule has 1 aromatic carbocycles. The van der Waals surface area contributed by atoms with Crippen molar-refractivity contribution < 1.29 is 4.39 Å². The minimum atomic E-state index is -0.0902. The molecule has 0 aromatic heterocycles. The first kappa shape index (κ1) is 13.4. The molecule has 1 aromatic rings. The van der Waals surface area contributed by atoms with Crippen molar-refractivity contribution in [2.24, 2.45) is 17.8 Å². The molecule has 0 N–H and O–H groups in total. The third kappa shape index (κ3) is 2.54. The van der Waals surface area contributed by atoms with E-state index in [-0.39, 0.29) is 11.2 Å². The van der Waals surface area contributed by atoms with Crippen LogP contribution in [0.1, 0.15) is 54.2 Å². The van der Waals surface area contributed by atoms with Crippen molar-refractivity contribution >= 4 is 11.6 Å². The summed E-state index contributed by atoms with van der Waals surface area (Å²) in [6, 6.07) is 3.85. The van der Waals surface area contributed by atoms with Crippen molar-refractivity contribution in [3.8, 4) is 0 Å². The fourth-order valence-corrected chi connectivity index (χ4v) is 4.58. The number of halogens is 2. The van der Waals surface area contributed by atoms with Crippen LogP contribution in [0, 0.1) is 37.4 Å². The highest BCUT2D eigenvalue weighted by Crippen LogP contribution is 2.51. The molecule has 0 aliphatic heterocycles. The van der Waals surface area contributed by atoms with Gasteiger partial charge in [0.25, 0.3) is 0 Å². The highest BCUT2D eigenvalue weighted by Gasteiger charge is 2.40. The van der Waals surface area contributed by atoms with Crippen molar-refractivity contribution in [3.05, 3.63) is 34.6 Å². The fourth-order valence-electron chi connectivity index (χ4n) is 4.23. The van der Waals surface area contributed by atoms with E-state index in [1.165, 1.54) is 25.7 Å². The fraction of sp³-hybridized carbons (Fsp3) is 0.647. The summed E-state index contributed by atoms with van der Waals surface area (Å²) in [4.78, 5) is 0. The van der Waals surface area contributed by atoms with E-state index in [9.17, 15) is 4.39 Å². The maximum Gasteiger partial charge on any atom is 0.129 e. The van der Waals surface area contributed by atoms with Crippen molar-refractivity contribution in [2.45, 2.75) is 51.3 Å². The van der Waals surface area contributed by atoms with Crippen LogP contribution in [0.25, 0.3) is 0 Å². The quantitative estimate of drug-likeness (QED) is 0.637. The zero-order valence-corrected chi connectivity index (χ0v) is 12.5. The molecule has 2 aliphatic rings. The van der Waals surface area contributed by atoms with Crippen LogP contribution in [0.3, 0.4) is 0 Å². The van der Waals surface area contributed by atoms with Crippen LogP contribution >= 0.6 is 11.6 Å². The number of hydrogen-bond donors (Lipinski definition) is 0. The largest absolute Gasteiger partial charge is 0.206 e. The molecule has 2 bridgehead atoms. The minimum absolute atomic E-state index is 0.0438. The smallest absolute Gasteiger partial charge is 0.129 e. The van der Waals surface area contributed by atoms with Gasteiger partial charge in [-0.05, 0) is 74.0 Å². The molecule has 0 heterocycles. The summed E-state index contributed by atoms with van der Waals surface area (Å²) in [5, 5.41) is 0.0438. The number of alkyl halides is 1. The monoisotopic (exact) mass is 280 g/mol. The summed E-state index contributed by atoms with van der Waals surface area (Å²) >= 11 is 6.60. The summed E-state index contributed by atoms with van der Waals surface area (Å²) in [7, 11) is 0. The molecule has 0 spiro atoms. The van der Waals surface area contributed by atoms with Gasteiger partial charge >= 0.3 is 0 Å². The Bertz CT molecular complexity index is 459. The molecule has 104 valence electrons. The molecule has 3 rings (SSSR count). The average Bonchev–Trinajstić information content (AvgIpc) is 2.97. The maximum atomic E-state index is 13.7. The molecule has 2 saturated carbocycles. The van der Waals surface area contributed by atoms with Crippen LogP contribution < -0.4 is 0 Å². The van der Waals surface area contributed by atoms with Gasteiger partial charge in [-0.25, -0.2) is 4.39 Å². The number of hydrogen-bond acceptors (Lipinski definition) is 0. The molecule has 2 aliphatic carbocycles. The molecule has 4 unspecified atom stereocenters. The molecular formula is C17H22ClF. The highest BCUT2D eigenvalue weighted by atomic mass is 35.5.